The number of hydrogen-bond donors (Lipinski definition) is 0. The summed E-state index contributed by atoms with van der Waals surface area (Å²) in [6.07, 6.45) is 4.29. The molecule has 1 aliphatic heterocycles. The molecule has 32 heavy (non-hydrogen) atoms. The summed E-state index contributed by atoms with van der Waals surface area (Å²) in [6, 6.07) is 11.8. The molecule has 1 aliphatic rings. The minimum Gasteiger partial charge on any atom is -0.339 e. The van der Waals surface area contributed by atoms with Gasteiger partial charge in [0.25, 0.3) is 5.91 Å². The Kier molecular flexibility index (Phi) is 6.03. The Morgan fingerprint density at radius 2 is 1.66 bits per heavy atom. The maximum Gasteiger partial charge on any atom is 0.256 e. The number of piperidine rings is 1. The van der Waals surface area contributed by atoms with Crippen LogP contribution in [0, 0.1) is 0 Å². The molecule has 168 valence electrons. The van der Waals surface area contributed by atoms with E-state index in [0.29, 0.717) is 29.0 Å². The Balaban J connectivity index is 1.92. The molecule has 0 N–H and O–H groups in total. The molecule has 0 unspecified atom stereocenters. The quantitative estimate of drug-likeness (QED) is 0.496. The monoisotopic (exact) mass is 470 g/mol. The molecule has 1 aromatic heterocycles. The first-order chi connectivity index (χ1) is 15.1. The molecule has 1 amide bonds. The molecule has 0 aliphatic carbocycles. The van der Waals surface area contributed by atoms with E-state index < -0.39 is 9.84 Å². The van der Waals surface area contributed by atoms with Crippen molar-refractivity contribution in [3.8, 4) is 0 Å². The number of halogens is 1. The molecule has 0 saturated carbocycles. The number of benzene rings is 2. The summed E-state index contributed by atoms with van der Waals surface area (Å²) in [5.74, 6) is -0.302. The highest BCUT2D eigenvalue weighted by Gasteiger charge is 2.31. The van der Waals surface area contributed by atoms with Gasteiger partial charge in [0.2, 0.25) is 9.84 Å². The van der Waals surface area contributed by atoms with E-state index >= 15 is 0 Å². The molecule has 0 radical (unpaired) electrons. The highest BCUT2D eigenvalue weighted by molar-refractivity contribution is 7.91. The van der Waals surface area contributed by atoms with Crippen molar-refractivity contribution in [2.24, 2.45) is 0 Å². The van der Waals surface area contributed by atoms with E-state index in [1.807, 2.05) is 12.1 Å². The van der Waals surface area contributed by atoms with E-state index in [2.05, 4.69) is 25.8 Å². The van der Waals surface area contributed by atoms with Crippen molar-refractivity contribution < 1.29 is 13.2 Å². The maximum absolute atomic E-state index is 13.9. The molecule has 2 heterocycles. The van der Waals surface area contributed by atoms with Gasteiger partial charge in [-0.15, -0.1) is 0 Å². The zero-order valence-corrected chi connectivity index (χ0v) is 20.1. The number of amides is 1. The number of pyridine rings is 1. The Morgan fingerprint density at radius 3 is 2.28 bits per heavy atom. The van der Waals surface area contributed by atoms with Gasteiger partial charge >= 0.3 is 0 Å². The third kappa shape index (κ3) is 4.26. The summed E-state index contributed by atoms with van der Waals surface area (Å²) in [5, 5.41) is 0.752. The van der Waals surface area contributed by atoms with Gasteiger partial charge in [-0.2, -0.15) is 0 Å². The van der Waals surface area contributed by atoms with Crippen LogP contribution in [0.15, 0.2) is 58.5 Å². The fraction of sp³-hybridized carbons (Fsp3) is 0.360. The molecule has 3 aromatic rings. The zero-order chi connectivity index (χ0) is 23.1. The molecule has 0 bridgehead atoms. The van der Waals surface area contributed by atoms with E-state index in [4.69, 9.17) is 11.6 Å². The molecule has 1 fully saturated rings. The molecule has 1 saturated heterocycles. The van der Waals surface area contributed by atoms with Crippen LogP contribution < -0.4 is 0 Å². The van der Waals surface area contributed by atoms with Crippen LogP contribution in [-0.4, -0.2) is 37.3 Å². The Bertz CT molecular complexity index is 1270. The lowest BCUT2D eigenvalue weighted by molar-refractivity contribution is 0.0720. The average Bonchev–Trinajstić information content (AvgIpc) is 2.77. The Labute approximate surface area is 194 Å². The van der Waals surface area contributed by atoms with Gasteiger partial charge in [0.05, 0.1) is 20.9 Å². The standard InChI is InChI=1S/C25H27ClN2O3S/c1-25(2,3)17-7-10-19(11-8-17)32(30,31)23-20-15-18(26)9-12-22(20)27-16-21(23)24(29)28-13-5-4-6-14-28/h7-12,15-16H,4-6,13-14H2,1-3H3. The predicted molar refractivity (Wildman–Crippen MR) is 127 cm³/mol. The second-order valence-corrected chi connectivity index (χ2v) is 11.6. The first kappa shape index (κ1) is 22.7. The van der Waals surface area contributed by atoms with E-state index in [9.17, 15) is 13.2 Å². The second-order valence-electron chi connectivity index (χ2n) is 9.29. The predicted octanol–water partition coefficient (Wildman–Crippen LogP) is 5.64. The maximum atomic E-state index is 13.9. The smallest absolute Gasteiger partial charge is 0.256 e. The third-order valence-corrected chi connectivity index (χ3v) is 8.06. The normalized spacial score (nSPS) is 15.2. The van der Waals surface area contributed by atoms with Crippen LogP contribution in [-0.2, 0) is 15.3 Å². The minimum absolute atomic E-state index is 0.0240. The van der Waals surface area contributed by atoms with E-state index in [1.165, 1.54) is 6.20 Å². The Morgan fingerprint density at radius 1 is 1.00 bits per heavy atom. The lowest BCUT2D eigenvalue weighted by Crippen LogP contribution is -2.36. The second kappa shape index (κ2) is 8.49. The van der Waals surface area contributed by atoms with Crippen molar-refractivity contribution in [3.63, 3.8) is 0 Å². The number of likely N-dealkylation sites (tertiary alicyclic amines) is 1. The fourth-order valence-corrected chi connectivity index (χ4v) is 5.89. The number of sulfone groups is 1. The van der Waals surface area contributed by atoms with Gasteiger partial charge in [-0.25, -0.2) is 8.42 Å². The summed E-state index contributed by atoms with van der Waals surface area (Å²) < 4.78 is 27.8. The van der Waals surface area contributed by atoms with Gasteiger partial charge in [-0.1, -0.05) is 44.5 Å². The van der Waals surface area contributed by atoms with E-state index in [1.54, 1.807) is 35.2 Å². The van der Waals surface area contributed by atoms with Crippen LogP contribution in [0.1, 0.15) is 56.0 Å². The summed E-state index contributed by atoms with van der Waals surface area (Å²) in [4.78, 5) is 19.6. The third-order valence-electron chi connectivity index (χ3n) is 5.95. The number of aromatic nitrogens is 1. The minimum atomic E-state index is -4.01. The van der Waals surface area contributed by atoms with Gasteiger partial charge in [-0.3, -0.25) is 9.78 Å². The van der Waals surface area contributed by atoms with Crippen molar-refractivity contribution in [1.82, 2.24) is 9.88 Å². The van der Waals surface area contributed by atoms with Crippen LogP contribution in [0.4, 0.5) is 0 Å². The van der Waals surface area contributed by atoms with Gasteiger partial charge in [0.15, 0.2) is 0 Å². The van der Waals surface area contributed by atoms with Crippen LogP contribution in [0.3, 0.4) is 0 Å². The van der Waals surface area contributed by atoms with Gasteiger partial charge in [0, 0.05) is 29.7 Å². The van der Waals surface area contributed by atoms with Crippen LogP contribution in [0.5, 0.6) is 0 Å². The van der Waals surface area contributed by atoms with Crippen molar-refractivity contribution in [2.75, 3.05) is 13.1 Å². The lowest BCUT2D eigenvalue weighted by Gasteiger charge is -2.27. The summed E-state index contributed by atoms with van der Waals surface area (Å²) in [7, 11) is -4.01. The van der Waals surface area contributed by atoms with Gasteiger partial charge < -0.3 is 4.90 Å². The number of carbonyl (C=O) groups excluding carboxylic acids is 1. The van der Waals surface area contributed by atoms with E-state index in [-0.39, 0.29) is 26.7 Å². The molecule has 2 aromatic carbocycles. The number of hydrogen-bond acceptors (Lipinski definition) is 4. The number of rotatable bonds is 3. The highest BCUT2D eigenvalue weighted by atomic mass is 35.5. The molecule has 0 atom stereocenters. The van der Waals surface area contributed by atoms with E-state index in [0.717, 1.165) is 24.8 Å². The fourth-order valence-electron chi connectivity index (χ4n) is 4.10. The van der Waals surface area contributed by atoms with Crippen molar-refractivity contribution in [2.45, 2.75) is 55.2 Å². The van der Waals surface area contributed by atoms with Crippen LogP contribution >= 0.6 is 11.6 Å². The molecule has 0 spiro atoms. The number of carbonyl (C=O) groups is 1. The zero-order valence-electron chi connectivity index (χ0n) is 18.6. The topological polar surface area (TPSA) is 67.3 Å². The van der Waals surface area contributed by atoms with Crippen molar-refractivity contribution in [1.29, 1.82) is 0 Å². The number of fused-ring (bicyclic) bond motifs is 1. The molecular formula is C25H27ClN2O3S. The molecular weight excluding hydrogens is 444 g/mol. The first-order valence-corrected chi connectivity index (χ1v) is 12.7. The summed E-state index contributed by atoms with van der Waals surface area (Å²) in [5.41, 5.74) is 1.51. The van der Waals surface area contributed by atoms with Crippen molar-refractivity contribution in [3.05, 3.63) is 64.8 Å². The molecule has 7 heteroatoms. The van der Waals surface area contributed by atoms with Crippen LogP contribution in [0.25, 0.3) is 10.9 Å². The van der Waals surface area contributed by atoms with Gasteiger partial charge in [0.1, 0.15) is 0 Å². The first-order valence-electron chi connectivity index (χ1n) is 10.8. The summed E-state index contributed by atoms with van der Waals surface area (Å²) >= 11 is 6.22. The lowest BCUT2D eigenvalue weighted by atomic mass is 9.87. The molecule has 4 rings (SSSR count). The average molecular weight is 471 g/mol. The Hall–Kier alpha value is -2.44. The largest absolute Gasteiger partial charge is 0.339 e. The SMILES string of the molecule is CC(C)(C)c1ccc(S(=O)(=O)c2c(C(=O)N3CCCCC3)cnc3ccc(Cl)cc23)cc1. The number of nitrogens with zero attached hydrogens (tertiary/aromatic N) is 2. The summed E-state index contributed by atoms with van der Waals surface area (Å²) in [6.45, 7) is 7.46. The van der Waals surface area contributed by atoms with Gasteiger partial charge in [-0.05, 0) is 60.6 Å². The van der Waals surface area contributed by atoms with Crippen LogP contribution in [0.2, 0.25) is 5.02 Å². The molecule has 5 nitrogen and oxygen atoms in total. The highest BCUT2D eigenvalue weighted by Crippen LogP contribution is 2.34. The van der Waals surface area contributed by atoms with Crippen molar-refractivity contribution >= 4 is 38.2 Å².